The standard InChI is InChI=1S/C13H14O2/c1-4-5-10(2)13(14)11-6-8-12(15-3)9-7-11/h4,6-9H,1-2,5H2,3H3. The highest BCUT2D eigenvalue weighted by Gasteiger charge is 2.08. The fraction of sp³-hybridized carbons (Fsp3) is 0.154. The van der Waals surface area contributed by atoms with Gasteiger partial charge in [-0.15, -0.1) is 6.58 Å². The van der Waals surface area contributed by atoms with Gasteiger partial charge >= 0.3 is 0 Å². The van der Waals surface area contributed by atoms with Crippen LogP contribution in [0.2, 0.25) is 0 Å². The minimum atomic E-state index is -0.0439. The Bertz CT molecular complexity index is 374. The third-order valence-electron chi connectivity index (χ3n) is 2.06. The number of rotatable bonds is 5. The van der Waals surface area contributed by atoms with Crippen LogP contribution in [0.15, 0.2) is 49.1 Å². The average molecular weight is 202 g/mol. The predicted molar refractivity (Wildman–Crippen MR) is 61.3 cm³/mol. The van der Waals surface area contributed by atoms with Crippen LogP contribution in [0.4, 0.5) is 0 Å². The van der Waals surface area contributed by atoms with E-state index in [4.69, 9.17) is 4.74 Å². The van der Waals surface area contributed by atoms with Crippen molar-refractivity contribution in [2.24, 2.45) is 0 Å². The molecule has 0 N–H and O–H groups in total. The molecule has 0 spiro atoms. The summed E-state index contributed by atoms with van der Waals surface area (Å²) in [6.07, 6.45) is 2.19. The van der Waals surface area contributed by atoms with E-state index >= 15 is 0 Å². The second-order valence-corrected chi connectivity index (χ2v) is 3.15. The van der Waals surface area contributed by atoms with E-state index < -0.39 is 0 Å². The molecule has 1 rings (SSSR count). The summed E-state index contributed by atoms with van der Waals surface area (Å²) in [6.45, 7) is 7.28. The summed E-state index contributed by atoms with van der Waals surface area (Å²) in [4.78, 5) is 11.7. The molecular formula is C13H14O2. The third-order valence-corrected chi connectivity index (χ3v) is 2.06. The summed E-state index contributed by atoms with van der Waals surface area (Å²) in [6, 6.07) is 6.98. The molecule has 0 aromatic heterocycles. The van der Waals surface area contributed by atoms with E-state index in [1.807, 2.05) is 0 Å². The van der Waals surface area contributed by atoms with Crippen molar-refractivity contribution in [2.45, 2.75) is 6.42 Å². The van der Waals surface area contributed by atoms with Gasteiger partial charge in [0.05, 0.1) is 7.11 Å². The van der Waals surface area contributed by atoms with Gasteiger partial charge in [-0.3, -0.25) is 4.79 Å². The van der Waals surface area contributed by atoms with Crippen LogP contribution < -0.4 is 4.74 Å². The van der Waals surface area contributed by atoms with Gasteiger partial charge in [-0.1, -0.05) is 12.7 Å². The third kappa shape index (κ3) is 2.81. The van der Waals surface area contributed by atoms with Crippen molar-refractivity contribution in [1.29, 1.82) is 0 Å². The molecule has 0 aliphatic rings. The Kier molecular flexibility index (Phi) is 3.86. The molecule has 2 nitrogen and oxygen atoms in total. The molecular weight excluding hydrogens is 188 g/mol. The molecule has 0 aliphatic heterocycles. The highest BCUT2D eigenvalue weighted by molar-refractivity contribution is 6.08. The molecule has 0 aliphatic carbocycles. The predicted octanol–water partition coefficient (Wildman–Crippen LogP) is 3.01. The first kappa shape index (κ1) is 11.2. The zero-order valence-electron chi connectivity index (χ0n) is 8.82. The highest BCUT2D eigenvalue weighted by Crippen LogP contribution is 2.15. The fourth-order valence-corrected chi connectivity index (χ4v) is 1.21. The molecule has 2 heteroatoms. The van der Waals surface area contributed by atoms with E-state index in [-0.39, 0.29) is 5.78 Å². The molecule has 0 amide bonds. The Balaban J connectivity index is 2.82. The number of hydrogen-bond acceptors (Lipinski definition) is 2. The molecule has 78 valence electrons. The van der Waals surface area contributed by atoms with Gasteiger partial charge in [0, 0.05) is 5.56 Å². The zero-order valence-corrected chi connectivity index (χ0v) is 8.82. The van der Waals surface area contributed by atoms with Crippen molar-refractivity contribution >= 4 is 5.78 Å². The lowest BCUT2D eigenvalue weighted by Gasteiger charge is -2.03. The van der Waals surface area contributed by atoms with Crippen molar-refractivity contribution < 1.29 is 9.53 Å². The highest BCUT2D eigenvalue weighted by atomic mass is 16.5. The van der Waals surface area contributed by atoms with Gasteiger partial charge in [-0.05, 0) is 36.3 Å². The molecule has 0 saturated heterocycles. The molecule has 0 heterocycles. The maximum Gasteiger partial charge on any atom is 0.188 e. The van der Waals surface area contributed by atoms with Crippen LogP contribution in [0.1, 0.15) is 16.8 Å². The quantitative estimate of drug-likeness (QED) is 0.417. The van der Waals surface area contributed by atoms with Crippen LogP contribution in [-0.4, -0.2) is 12.9 Å². The van der Waals surface area contributed by atoms with Crippen molar-refractivity contribution in [3.63, 3.8) is 0 Å². The maximum atomic E-state index is 11.7. The van der Waals surface area contributed by atoms with Crippen molar-refractivity contribution in [3.8, 4) is 5.75 Å². The maximum absolute atomic E-state index is 11.7. The Morgan fingerprint density at radius 3 is 2.47 bits per heavy atom. The molecule has 1 aromatic carbocycles. The lowest BCUT2D eigenvalue weighted by Crippen LogP contribution is -2.01. The molecule has 1 aromatic rings. The van der Waals surface area contributed by atoms with Gasteiger partial charge in [-0.25, -0.2) is 0 Å². The van der Waals surface area contributed by atoms with Gasteiger partial charge in [0.15, 0.2) is 5.78 Å². The number of hydrogen-bond donors (Lipinski definition) is 0. The fourth-order valence-electron chi connectivity index (χ4n) is 1.21. The first-order valence-corrected chi connectivity index (χ1v) is 4.66. The van der Waals surface area contributed by atoms with E-state index in [1.54, 1.807) is 37.5 Å². The monoisotopic (exact) mass is 202 g/mol. The van der Waals surface area contributed by atoms with Gasteiger partial charge in [-0.2, -0.15) is 0 Å². The van der Waals surface area contributed by atoms with Crippen molar-refractivity contribution in [1.82, 2.24) is 0 Å². The topological polar surface area (TPSA) is 26.3 Å². The lowest BCUT2D eigenvalue weighted by atomic mass is 10.0. The second kappa shape index (κ2) is 5.15. The summed E-state index contributed by atoms with van der Waals surface area (Å²) in [5.74, 6) is 0.693. The number of benzene rings is 1. The van der Waals surface area contributed by atoms with Crippen molar-refractivity contribution in [2.75, 3.05) is 7.11 Å². The molecule has 0 unspecified atom stereocenters. The molecule has 0 atom stereocenters. The summed E-state index contributed by atoms with van der Waals surface area (Å²) in [5, 5.41) is 0. The summed E-state index contributed by atoms with van der Waals surface area (Å²) in [7, 11) is 1.59. The number of methoxy groups -OCH3 is 1. The van der Waals surface area contributed by atoms with Crippen LogP contribution in [0.5, 0.6) is 5.75 Å². The average Bonchev–Trinajstić information content (AvgIpc) is 2.28. The van der Waals surface area contributed by atoms with Gasteiger partial charge in [0.1, 0.15) is 5.75 Å². The first-order chi connectivity index (χ1) is 7.19. The molecule has 0 saturated carbocycles. The number of ether oxygens (including phenoxy) is 1. The van der Waals surface area contributed by atoms with E-state index in [9.17, 15) is 4.79 Å². The largest absolute Gasteiger partial charge is 0.497 e. The SMILES string of the molecule is C=CCC(=C)C(=O)c1ccc(OC)cc1. The number of Topliss-reactive ketones (excluding diaryl/α,β-unsaturated/α-hetero) is 1. The van der Waals surface area contributed by atoms with E-state index in [0.29, 0.717) is 17.6 Å². The Morgan fingerprint density at radius 2 is 2.00 bits per heavy atom. The number of carbonyl (C=O) groups is 1. The van der Waals surface area contributed by atoms with Crippen LogP contribution in [0.25, 0.3) is 0 Å². The van der Waals surface area contributed by atoms with Crippen LogP contribution in [0, 0.1) is 0 Å². The van der Waals surface area contributed by atoms with E-state index in [2.05, 4.69) is 13.2 Å². The summed E-state index contributed by atoms with van der Waals surface area (Å²) in [5.41, 5.74) is 1.18. The second-order valence-electron chi connectivity index (χ2n) is 3.15. The number of ketones is 1. The summed E-state index contributed by atoms with van der Waals surface area (Å²) >= 11 is 0. The molecule has 0 fully saturated rings. The van der Waals surface area contributed by atoms with E-state index in [1.165, 1.54) is 0 Å². The zero-order chi connectivity index (χ0) is 11.3. The van der Waals surface area contributed by atoms with E-state index in [0.717, 1.165) is 5.75 Å². The lowest BCUT2D eigenvalue weighted by molar-refractivity contribution is 0.103. The smallest absolute Gasteiger partial charge is 0.188 e. The van der Waals surface area contributed by atoms with Gasteiger partial charge in [0.25, 0.3) is 0 Å². The minimum Gasteiger partial charge on any atom is -0.497 e. The molecule has 0 bridgehead atoms. The minimum absolute atomic E-state index is 0.0439. The number of carbonyl (C=O) groups excluding carboxylic acids is 1. The van der Waals surface area contributed by atoms with Crippen molar-refractivity contribution in [3.05, 3.63) is 54.6 Å². The first-order valence-electron chi connectivity index (χ1n) is 4.66. The van der Waals surface area contributed by atoms with Crippen LogP contribution in [0.3, 0.4) is 0 Å². The van der Waals surface area contributed by atoms with Gasteiger partial charge in [0.2, 0.25) is 0 Å². The Labute approximate surface area is 89.9 Å². The summed E-state index contributed by atoms with van der Waals surface area (Å²) < 4.78 is 5.01. The van der Waals surface area contributed by atoms with Crippen LogP contribution in [-0.2, 0) is 0 Å². The molecule has 15 heavy (non-hydrogen) atoms. The Hall–Kier alpha value is -1.83. The normalized spacial score (nSPS) is 9.40. The molecule has 0 radical (unpaired) electrons. The number of allylic oxidation sites excluding steroid dienone is 2. The van der Waals surface area contributed by atoms with Crippen LogP contribution >= 0.6 is 0 Å². The van der Waals surface area contributed by atoms with Gasteiger partial charge < -0.3 is 4.74 Å². The Morgan fingerprint density at radius 1 is 1.40 bits per heavy atom.